The van der Waals surface area contributed by atoms with Crippen molar-refractivity contribution in [2.75, 3.05) is 38.2 Å². The molecule has 4 nitrogen and oxygen atoms in total. The highest BCUT2D eigenvalue weighted by Gasteiger charge is 2.35. The van der Waals surface area contributed by atoms with Gasteiger partial charge in [-0.2, -0.15) is 0 Å². The molecule has 1 aromatic rings. The van der Waals surface area contributed by atoms with Crippen LogP contribution in [-0.2, 0) is 16.0 Å². The molecule has 1 atom stereocenters. The molecule has 0 spiro atoms. The summed E-state index contributed by atoms with van der Waals surface area (Å²) >= 11 is 3.63. The Morgan fingerprint density at radius 1 is 1.47 bits per heavy atom. The lowest BCUT2D eigenvalue weighted by Gasteiger charge is -2.38. The average molecular weight is 325 g/mol. The van der Waals surface area contributed by atoms with Crippen LogP contribution in [0.4, 0.5) is 5.69 Å². The van der Waals surface area contributed by atoms with E-state index in [4.69, 9.17) is 4.74 Å². The first kappa shape index (κ1) is 12.9. The first-order valence-corrected chi connectivity index (χ1v) is 7.31. The zero-order valence-electron chi connectivity index (χ0n) is 10.9. The van der Waals surface area contributed by atoms with E-state index in [0.29, 0.717) is 12.6 Å². The van der Waals surface area contributed by atoms with E-state index in [1.54, 1.807) is 0 Å². The summed E-state index contributed by atoms with van der Waals surface area (Å²) < 4.78 is 5.94. The smallest absolute Gasteiger partial charge is 0.319 e. The maximum Gasteiger partial charge on any atom is 0.319 e. The van der Waals surface area contributed by atoms with Gasteiger partial charge in [-0.05, 0) is 24.1 Å². The molecular weight excluding hydrogens is 308 g/mol. The molecular formula is C14H17BrN2O2. The molecule has 0 amide bonds. The van der Waals surface area contributed by atoms with Crippen LogP contribution in [0.15, 0.2) is 22.7 Å². The molecule has 1 saturated heterocycles. The number of hydrogen-bond donors (Lipinski definition) is 0. The van der Waals surface area contributed by atoms with Crippen LogP contribution >= 0.6 is 15.9 Å². The summed E-state index contributed by atoms with van der Waals surface area (Å²) in [7, 11) is 1.45. The van der Waals surface area contributed by atoms with Gasteiger partial charge in [0.1, 0.15) is 0 Å². The Kier molecular flexibility index (Phi) is 3.50. The second kappa shape index (κ2) is 5.13. The Morgan fingerprint density at radius 3 is 3.11 bits per heavy atom. The quantitative estimate of drug-likeness (QED) is 0.775. The van der Waals surface area contributed by atoms with E-state index in [1.165, 1.54) is 22.8 Å². The lowest BCUT2D eigenvalue weighted by molar-refractivity contribution is -0.142. The Balaban J connectivity index is 1.73. The number of carbonyl (C=O) groups excluding carboxylic acids is 1. The average Bonchev–Trinajstić information content (AvgIpc) is 2.78. The van der Waals surface area contributed by atoms with Crippen molar-refractivity contribution in [2.45, 2.75) is 12.5 Å². The molecule has 1 unspecified atom stereocenters. The largest absolute Gasteiger partial charge is 0.468 e. The van der Waals surface area contributed by atoms with Gasteiger partial charge in [0.15, 0.2) is 0 Å². The van der Waals surface area contributed by atoms with Crippen LogP contribution < -0.4 is 4.90 Å². The zero-order chi connectivity index (χ0) is 13.4. The topological polar surface area (TPSA) is 32.8 Å². The number of nitrogens with zero attached hydrogens (tertiary/aromatic N) is 2. The number of anilines is 1. The normalized spacial score (nSPS) is 22.0. The highest BCUT2D eigenvalue weighted by molar-refractivity contribution is 9.10. The number of carbonyl (C=O) groups is 1. The van der Waals surface area contributed by atoms with Gasteiger partial charge in [-0.3, -0.25) is 9.69 Å². The van der Waals surface area contributed by atoms with E-state index in [0.717, 1.165) is 26.1 Å². The molecule has 0 aromatic heterocycles. The minimum absolute atomic E-state index is 0.148. The maximum absolute atomic E-state index is 11.4. The molecule has 2 aliphatic rings. The first-order chi connectivity index (χ1) is 9.19. The molecule has 0 N–H and O–H groups in total. The second-order valence-electron chi connectivity index (χ2n) is 5.10. The number of rotatable bonds is 2. The van der Waals surface area contributed by atoms with Crippen LogP contribution in [0.3, 0.4) is 0 Å². The highest BCUT2D eigenvalue weighted by atomic mass is 79.9. The molecule has 0 radical (unpaired) electrons. The van der Waals surface area contributed by atoms with Gasteiger partial charge in [0.2, 0.25) is 0 Å². The van der Waals surface area contributed by atoms with E-state index < -0.39 is 0 Å². The lowest BCUT2D eigenvalue weighted by atomic mass is 10.1. The van der Waals surface area contributed by atoms with Crippen LogP contribution in [0.5, 0.6) is 0 Å². The molecule has 1 aromatic carbocycles. The van der Waals surface area contributed by atoms with Gasteiger partial charge in [-0.15, -0.1) is 0 Å². The molecule has 0 aliphatic carbocycles. The monoisotopic (exact) mass is 324 g/mol. The van der Waals surface area contributed by atoms with E-state index >= 15 is 0 Å². The van der Waals surface area contributed by atoms with E-state index in [1.807, 2.05) is 0 Å². The van der Waals surface area contributed by atoms with Gasteiger partial charge in [0, 0.05) is 35.8 Å². The molecule has 102 valence electrons. The lowest BCUT2D eigenvalue weighted by Crippen LogP contribution is -2.53. The fraction of sp³-hybridized carbons (Fsp3) is 0.500. The number of ether oxygens (including phenoxy) is 1. The van der Waals surface area contributed by atoms with Crippen LogP contribution in [0.1, 0.15) is 5.56 Å². The van der Waals surface area contributed by atoms with Crippen molar-refractivity contribution < 1.29 is 9.53 Å². The molecule has 2 aliphatic heterocycles. The second-order valence-corrected chi connectivity index (χ2v) is 5.95. The number of fused-ring (bicyclic) bond motifs is 3. The van der Waals surface area contributed by atoms with Crippen molar-refractivity contribution >= 4 is 27.6 Å². The molecule has 2 heterocycles. The molecule has 1 fully saturated rings. The van der Waals surface area contributed by atoms with Gasteiger partial charge in [0.25, 0.3) is 0 Å². The van der Waals surface area contributed by atoms with Gasteiger partial charge in [-0.1, -0.05) is 22.0 Å². The molecule has 0 bridgehead atoms. The summed E-state index contributed by atoms with van der Waals surface area (Å²) in [5.41, 5.74) is 2.74. The standard InChI is InChI=1S/C14H17BrN2O2/c1-19-14(18)9-16-5-6-17-10(8-16)7-11-12(15)3-2-4-13(11)17/h2-4,10H,5-9H2,1H3. The molecule has 5 heteroatoms. The third-order valence-electron chi connectivity index (χ3n) is 3.99. The number of halogens is 1. The van der Waals surface area contributed by atoms with Crippen molar-refractivity contribution in [1.82, 2.24) is 4.90 Å². The number of esters is 1. The van der Waals surface area contributed by atoms with Crippen LogP contribution in [0, 0.1) is 0 Å². The summed E-state index contributed by atoms with van der Waals surface area (Å²) in [6.07, 6.45) is 1.05. The third-order valence-corrected chi connectivity index (χ3v) is 4.73. The van der Waals surface area contributed by atoms with Gasteiger partial charge in [-0.25, -0.2) is 0 Å². The van der Waals surface area contributed by atoms with Gasteiger partial charge < -0.3 is 9.64 Å². The summed E-state index contributed by atoms with van der Waals surface area (Å²) in [6, 6.07) is 6.86. The van der Waals surface area contributed by atoms with Crippen molar-refractivity contribution in [3.63, 3.8) is 0 Å². The Labute approximate surface area is 121 Å². The summed E-state index contributed by atoms with van der Waals surface area (Å²) in [5.74, 6) is -0.148. The molecule has 19 heavy (non-hydrogen) atoms. The van der Waals surface area contributed by atoms with Crippen LogP contribution in [-0.4, -0.2) is 50.2 Å². The van der Waals surface area contributed by atoms with Crippen LogP contribution in [0.2, 0.25) is 0 Å². The first-order valence-electron chi connectivity index (χ1n) is 6.52. The Hall–Kier alpha value is -1.07. The zero-order valence-corrected chi connectivity index (χ0v) is 12.5. The van der Waals surface area contributed by atoms with Crippen molar-refractivity contribution in [3.8, 4) is 0 Å². The summed E-state index contributed by atoms with van der Waals surface area (Å²) in [5, 5.41) is 0. The fourth-order valence-corrected chi connectivity index (χ4v) is 3.57. The highest BCUT2D eigenvalue weighted by Crippen LogP contribution is 2.38. The minimum atomic E-state index is -0.148. The summed E-state index contributed by atoms with van der Waals surface area (Å²) in [4.78, 5) is 16.0. The Bertz CT molecular complexity index is 506. The number of piperazine rings is 1. The predicted octanol–water partition coefficient (Wildman–Crippen LogP) is 1.67. The maximum atomic E-state index is 11.4. The predicted molar refractivity (Wildman–Crippen MR) is 77.4 cm³/mol. The van der Waals surface area contributed by atoms with Gasteiger partial charge in [0.05, 0.1) is 13.7 Å². The number of benzene rings is 1. The van der Waals surface area contributed by atoms with E-state index in [-0.39, 0.29) is 5.97 Å². The number of methoxy groups -OCH3 is 1. The fourth-order valence-electron chi connectivity index (χ4n) is 3.06. The third kappa shape index (κ3) is 2.37. The van der Waals surface area contributed by atoms with Crippen molar-refractivity contribution in [3.05, 3.63) is 28.2 Å². The molecule has 0 saturated carbocycles. The number of hydrogen-bond acceptors (Lipinski definition) is 4. The van der Waals surface area contributed by atoms with E-state index in [9.17, 15) is 4.79 Å². The van der Waals surface area contributed by atoms with E-state index in [2.05, 4.69) is 43.9 Å². The molecule has 3 rings (SSSR count). The van der Waals surface area contributed by atoms with Gasteiger partial charge >= 0.3 is 5.97 Å². The summed E-state index contributed by atoms with van der Waals surface area (Å²) in [6.45, 7) is 3.22. The van der Waals surface area contributed by atoms with Crippen molar-refractivity contribution in [1.29, 1.82) is 0 Å². The van der Waals surface area contributed by atoms with Crippen molar-refractivity contribution in [2.24, 2.45) is 0 Å². The Morgan fingerprint density at radius 2 is 2.32 bits per heavy atom. The SMILES string of the molecule is COC(=O)CN1CCN2c3cccc(Br)c3CC2C1. The minimum Gasteiger partial charge on any atom is -0.468 e. The van der Waals surface area contributed by atoms with Crippen LogP contribution in [0.25, 0.3) is 0 Å².